The molecule has 0 aromatic heterocycles. The van der Waals surface area contributed by atoms with E-state index < -0.39 is 34.0 Å². The Bertz CT molecular complexity index is 365. The van der Waals surface area contributed by atoms with Gasteiger partial charge in [-0.1, -0.05) is 0 Å². The fraction of sp³-hybridized carbons (Fsp3) is 0.750. The monoisotopic (exact) mass is 291 g/mol. The highest BCUT2D eigenvalue weighted by Gasteiger charge is 2.58. The summed E-state index contributed by atoms with van der Waals surface area (Å²) in [6.07, 6.45) is -7.95. The molecule has 0 saturated carbocycles. The van der Waals surface area contributed by atoms with Crippen LogP contribution in [0.5, 0.6) is 0 Å². The Balaban J connectivity index is 4.32. The minimum absolute atomic E-state index is 0.819. The number of hydrogen-bond donors (Lipinski definition) is 1. The third-order valence-electron chi connectivity index (χ3n) is 1.00. The average molecular weight is 292 g/mol. The molecule has 0 bridgehead atoms. The smallest absolute Gasteiger partial charge is 0.442 e. The number of rotatable bonds is 3. The molecule has 16 heavy (non-hydrogen) atoms. The Morgan fingerprint density at radius 1 is 1.25 bits per heavy atom. The molecular weight excluding hydrogens is 289 g/mol. The summed E-state index contributed by atoms with van der Waals surface area (Å²) in [5.41, 5.74) is 0. The second-order valence-electron chi connectivity index (χ2n) is 2.32. The Hall–Kier alpha value is -0.840. The SMILES string of the molecule is O=C(NS(=O)(=O)Cl)OCC(F)(F)C(F)(F)F. The fourth-order valence-electron chi connectivity index (χ4n) is 0.367. The number of amides is 1. The molecule has 0 aromatic rings. The summed E-state index contributed by atoms with van der Waals surface area (Å²) in [4.78, 5) is 10.3. The van der Waals surface area contributed by atoms with Gasteiger partial charge in [0.05, 0.1) is 0 Å². The van der Waals surface area contributed by atoms with Crippen molar-refractivity contribution in [1.29, 1.82) is 0 Å². The number of nitrogens with one attached hydrogen (secondary N) is 1. The lowest BCUT2D eigenvalue weighted by atomic mass is 10.3. The summed E-state index contributed by atoms with van der Waals surface area (Å²) in [5.74, 6) is -5.28. The molecule has 96 valence electrons. The molecule has 0 unspecified atom stereocenters. The highest BCUT2D eigenvalue weighted by molar-refractivity contribution is 8.12. The van der Waals surface area contributed by atoms with Gasteiger partial charge in [0.25, 0.3) is 0 Å². The lowest BCUT2D eigenvalue weighted by molar-refractivity contribution is -0.291. The second-order valence-corrected chi connectivity index (χ2v) is 4.62. The van der Waals surface area contributed by atoms with Gasteiger partial charge in [-0.25, -0.2) is 9.52 Å². The van der Waals surface area contributed by atoms with Crippen LogP contribution in [-0.4, -0.2) is 33.2 Å². The van der Waals surface area contributed by atoms with Gasteiger partial charge in [0.15, 0.2) is 6.61 Å². The standard InChI is InChI=1S/C4H3ClF5NO4S/c5-16(13,14)11-2(12)15-1-3(6,7)4(8,9)10/h1H2,(H,11,12). The molecule has 0 spiro atoms. The normalized spacial score (nSPS) is 13.4. The van der Waals surface area contributed by atoms with Crippen LogP contribution in [-0.2, 0) is 14.0 Å². The maximum absolute atomic E-state index is 12.1. The first-order valence-electron chi connectivity index (χ1n) is 3.19. The van der Waals surface area contributed by atoms with Gasteiger partial charge in [0.1, 0.15) is 0 Å². The van der Waals surface area contributed by atoms with E-state index in [1.165, 1.54) is 0 Å². The van der Waals surface area contributed by atoms with Crippen LogP contribution in [0.2, 0.25) is 0 Å². The topological polar surface area (TPSA) is 72.5 Å². The van der Waals surface area contributed by atoms with E-state index in [2.05, 4.69) is 15.4 Å². The molecule has 0 rings (SSSR count). The maximum atomic E-state index is 12.1. The van der Waals surface area contributed by atoms with E-state index >= 15 is 0 Å². The molecule has 0 saturated heterocycles. The number of carbonyl (C=O) groups excluding carboxylic acids is 1. The molecule has 0 atom stereocenters. The van der Waals surface area contributed by atoms with E-state index in [1.807, 2.05) is 0 Å². The van der Waals surface area contributed by atoms with Crippen molar-refractivity contribution in [2.45, 2.75) is 12.1 Å². The van der Waals surface area contributed by atoms with Crippen molar-refractivity contribution in [3.63, 3.8) is 0 Å². The highest BCUT2D eigenvalue weighted by atomic mass is 35.7. The maximum Gasteiger partial charge on any atom is 0.456 e. The molecule has 0 aliphatic heterocycles. The number of ether oxygens (including phenoxy) is 1. The van der Waals surface area contributed by atoms with Crippen LogP contribution < -0.4 is 4.72 Å². The summed E-state index contributed by atoms with van der Waals surface area (Å²) in [7, 11) is -0.186. The molecule has 0 aromatic carbocycles. The van der Waals surface area contributed by atoms with Crippen molar-refractivity contribution in [2.75, 3.05) is 6.61 Å². The molecular formula is C4H3ClF5NO4S. The average Bonchev–Trinajstić information content (AvgIpc) is 1.95. The third-order valence-corrected chi connectivity index (χ3v) is 1.65. The van der Waals surface area contributed by atoms with Crippen LogP contribution in [0.1, 0.15) is 0 Å². The fourth-order valence-corrected chi connectivity index (χ4v) is 0.814. The summed E-state index contributed by atoms with van der Waals surface area (Å²) in [6.45, 7) is -2.35. The first-order valence-corrected chi connectivity index (χ1v) is 5.50. The summed E-state index contributed by atoms with van der Waals surface area (Å²) < 4.78 is 83.1. The Kier molecular flexibility index (Phi) is 4.33. The van der Waals surface area contributed by atoms with Crippen molar-refractivity contribution in [2.24, 2.45) is 0 Å². The minimum atomic E-state index is -5.91. The highest BCUT2D eigenvalue weighted by Crippen LogP contribution is 2.35. The van der Waals surface area contributed by atoms with Crippen molar-refractivity contribution in [1.82, 2.24) is 4.72 Å². The number of halogens is 6. The molecule has 5 nitrogen and oxygen atoms in total. The summed E-state index contributed by atoms with van der Waals surface area (Å²) >= 11 is 0. The molecule has 1 N–H and O–H groups in total. The predicted octanol–water partition coefficient (Wildman–Crippen LogP) is 1.39. The van der Waals surface area contributed by atoms with Crippen LogP contribution >= 0.6 is 10.7 Å². The predicted molar refractivity (Wildman–Crippen MR) is 40.3 cm³/mol. The number of carbonyl (C=O) groups is 1. The zero-order valence-electron chi connectivity index (χ0n) is 7.02. The van der Waals surface area contributed by atoms with Crippen molar-refractivity contribution in [3.05, 3.63) is 0 Å². The Morgan fingerprint density at radius 2 is 1.69 bits per heavy atom. The van der Waals surface area contributed by atoms with Gasteiger partial charge in [-0.3, -0.25) is 0 Å². The molecule has 0 radical (unpaired) electrons. The van der Waals surface area contributed by atoms with Gasteiger partial charge in [0, 0.05) is 10.7 Å². The molecule has 0 heterocycles. The van der Waals surface area contributed by atoms with Gasteiger partial charge in [-0.15, -0.1) is 0 Å². The molecule has 0 fully saturated rings. The van der Waals surface area contributed by atoms with Gasteiger partial charge < -0.3 is 4.74 Å². The van der Waals surface area contributed by atoms with Crippen molar-refractivity contribution >= 4 is 26.0 Å². The largest absolute Gasteiger partial charge is 0.456 e. The zero-order chi connectivity index (χ0) is 13.2. The van der Waals surface area contributed by atoms with E-state index in [9.17, 15) is 35.2 Å². The van der Waals surface area contributed by atoms with E-state index in [1.54, 1.807) is 0 Å². The van der Waals surface area contributed by atoms with Gasteiger partial charge in [0.2, 0.25) is 0 Å². The molecule has 1 amide bonds. The Morgan fingerprint density at radius 3 is 2.00 bits per heavy atom. The van der Waals surface area contributed by atoms with E-state index in [0.717, 1.165) is 4.72 Å². The van der Waals surface area contributed by atoms with Crippen LogP contribution in [0, 0.1) is 0 Å². The van der Waals surface area contributed by atoms with Crippen molar-refractivity contribution < 1.29 is 39.9 Å². The van der Waals surface area contributed by atoms with E-state index in [0.29, 0.717) is 0 Å². The molecule has 0 aliphatic rings. The van der Waals surface area contributed by atoms with Gasteiger partial charge >= 0.3 is 27.4 Å². The minimum Gasteiger partial charge on any atom is -0.442 e. The van der Waals surface area contributed by atoms with Crippen LogP contribution in [0.25, 0.3) is 0 Å². The first kappa shape index (κ1) is 15.2. The summed E-state index contributed by atoms with van der Waals surface area (Å²) in [6, 6.07) is 0. The zero-order valence-corrected chi connectivity index (χ0v) is 8.59. The Labute approximate surface area is 90.1 Å². The van der Waals surface area contributed by atoms with E-state index in [4.69, 9.17) is 0 Å². The number of alkyl halides is 5. The van der Waals surface area contributed by atoms with Crippen LogP contribution in [0.4, 0.5) is 26.7 Å². The lowest BCUT2D eigenvalue weighted by Crippen LogP contribution is -2.42. The van der Waals surface area contributed by atoms with Crippen LogP contribution in [0.15, 0.2) is 0 Å². The third kappa shape index (κ3) is 5.30. The number of hydrogen-bond acceptors (Lipinski definition) is 4. The van der Waals surface area contributed by atoms with Crippen molar-refractivity contribution in [3.8, 4) is 0 Å². The van der Waals surface area contributed by atoms with Crippen LogP contribution in [0.3, 0.4) is 0 Å². The molecule has 12 heteroatoms. The van der Waals surface area contributed by atoms with Gasteiger partial charge in [-0.2, -0.15) is 30.4 Å². The summed E-state index contributed by atoms with van der Waals surface area (Å²) in [5, 5.41) is 0. The van der Waals surface area contributed by atoms with E-state index in [-0.39, 0.29) is 0 Å². The second kappa shape index (κ2) is 4.57. The first-order chi connectivity index (χ1) is 6.85. The lowest BCUT2D eigenvalue weighted by Gasteiger charge is -2.18. The quantitative estimate of drug-likeness (QED) is 0.630. The van der Waals surface area contributed by atoms with Gasteiger partial charge in [-0.05, 0) is 0 Å². The molecule has 0 aliphatic carbocycles.